The topological polar surface area (TPSA) is 63.7 Å². The lowest BCUT2D eigenvalue weighted by atomic mass is 10.4. The number of hydrogen-bond acceptors (Lipinski definition) is 4. The number of Topliss-reactive ketones (excluding diaryl/α,β-unsaturated/α-hetero) is 1. The number of carbonyl (C=O) groups excluding carboxylic acids is 3. The fraction of sp³-hybridized carbons (Fsp3) is 0.750. The predicted molar refractivity (Wildman–Crippen MR) is 63.4 cm³/mol. The van der Waals surface area contributed by atoms with Crippen molar-refractivity contribution >= 4 is 17.7 Å². The quantitative estimate of drug-likeness (QED) is 0.695. The summed E-state index contributed by atoms with van der Waals surface area (Å²) in [7, 11) is 0. The number of hydrogen-bond donors (Lipinski definition) is 0. The molecule has 0 atom stereocenters. The lowest BCUT2D eigenvalue weighted by molar-refractivity contribution is -0.147. The van der Waals surface area contributed by atoms with Gasteiger partial charge in [0, 0.05) is 19.4 Å². The molecule has 17 heavy (non-hydrogen) atoms. The summed E-state index contributed by atoms with van der Waals surface area (Å²) in [6.45, 7) is 6.37. The molecule has 0 spiro atoms. The number of carbonyl (C=O) groups is 3. The smallest absolute Gasteiger partial charge is 0.325 e. The molecule has 1 aliphatic heterocycles. The highest BCUT2D eigenvalue weighted by Crippen LogP contribution is 2.08. The minimum atomic E-state index is -0.312. The number of esters is 1. The molecular weight excluding hydrogens is 222 g/mol. The van der Waals surface area contributed by atoms with Gasteiger partial charge in [0.05, 0.1) is 6.61 Å². The number of ketones is 1. The molecule has 0 aromatic rings. The van der Waals surface area contributed by atoms with Crippen molar-refractivity contribution in [2.75, 3.05) is 19.7 Å². The summed E-state index contributed by atoms with van der Waals surface area (Å²) in [5, 5.41) is 0. The van der Waals surface area contributed by atoms with Crippen molar-refractivity contribution in [2.45, 2.75) is 40.0 Å². The number of ether oxygens (including phenoxy) is 1. The van der Waals surface area contributed by atoms with Crippen molar-refractivity contribution in [3.05, 3.63) is 0 Å². The van der Waals surface area contributed by atoms with Crippen molar-refractivity contribution < 1.29 is 19.1 Å². The third-order valence-electron chi connectivity index (χ3n) is 2.29. The molecule has 0 radical (unpaired) electrons. The highest BCUT2D eigenvalue weighted by atomic mass is 16.5. The predicted octanol–water partition coefficient (Wildman–Crippen LogP) is 1.16. The van der Waals surface area contributed by atoms with Crippen molar-refractivity contribution in [2.24, 2.45) is 0 Å². The van der Waals surface area contributed by atoms with Crippen LogP contribution >= 0.6 is 0 Å². The molecule has 5 nitrogen and oxygen atoms in total. The summed E-state index contributed by atoms with van der Waals surface area (Å²) < 4.78 is 4.72. The van der Waals surface area contributed by atoms with Gasteiger partial charge >= 0.3 is 5.97 Å². The van der Waals surface area contributed by atoms with E-state index in [1.54, 1.807) is 13.8 Å². The third kappa shape index (κ3) is 7.49. The Kier molecular flexibility index (Phi) is 8.01. The van der Waals surface area contributed by atoms with Crippen LogP contribution in [0.25, 0.3) is 0 Å². The number of rotatable bonds is 4. The second-order valence-electron chi connectivity index (χ2n) is 3.78. The molecule has 0 saturated carbocycles. The minimum Gasteiger partial charge on any atom is -0.465 e. The Balaban J connectivity index is 0.000000437. The Bertz CT molecular complexity index is 276. The van der Waals surface area contributed by atoms with Crippen LogP contribution in [0.4, 0.5) is 0 Å². The zero-order valence-electron chi connectivity index (χ0n) is 10.8. The van der Waals surface area contributed by atoms with Gasteiger partial charge in [0.2, 0.25) is 5.91 Å². The number of likely N-dealkylation sites (tertiary alicyclic amines) is 1. The Morgan fingerprint density at radius 1 is 1.35 bits per heavy atom. The van der Waals surface area contributed by atoms with Crippen LogP contribution in [-0.2, 0) is 19.1 Å². The summed E-state index contributed by atoms with van der Waals surface area (Å²) in [5.74, 6) is 0.000744. The van der Waals surface area contributed by atoms with Gasteiger partial charge in [0.25, 0.3) is 0 Å². The van der Waals surface area contributed by atoms with Gasteiger partial charge in [-0.25, -0.2) is 0 Å². The maximum atomic E-state index is 11.0. The molecule has 1 fully saturated rings. The summed E-state index contributed by atoms with van der Waals surface area (Å²) in [6, 6.07) is 0. The molecule has 0 unspecified atom stereocenters. The van der Waals surface area contributed by atoms with Crippen LogP contribution in [0.3, 0.4) is 0 Å². The van der Waals surface area contributed by atoms with Gasteiger partial charge in [0.15, 0.2) is 0 Å². The van der Waals surface area contributed by atoms with Gasteiger partial charge < -0.3 is 14.4 Å². The molecule has 98 valence electrons. The van der Waals surface area contributed by atoms with E-state index in [0.717, 1.165) is 6.42 Å². The highest BCUT2D eigenvalue weighted by molar-refractivity contribution is 5.83. The Morgan fingerprint density at radius 3 is 2.29 bits per heavy atom. The van der Waals surface area contributed by atoms with Gasteiger partial charge in [0.1, 0.15) is 12.3 Å². The molecule has 1 saturated heterocycles. The Morgan fingerprint density at radius 2 is 1.94 bits per heavy atom. The average molecular weight is 243 g/mol. The molecule has 5 heteroatoms. The second kappa shape index (κ2) is 8.73. The molecule has 0 bridgehead atoms. The molecule has 1 aliphatic rings. The molecule has 0 aromatic heterocycles. The van der Waals surface area contributed by atoms with E-state index in [4.69, 9.17) is 4.74 Å². The second-order valence-corrected chi connectivity index (χ2v) is 3.78. The maximum Gasteiger partial charge on any atom is 0.325 e. The fourth-order valence-corrected chi connectivity index (χ4v) is 1.23. The zero-order chi connectivity index (χ0) is 13.3. The fourth-order valence-electron chi connectivity index (χ4n) is 1.23. The van der Waals surface area contributed by atoms with Crippen molar-refractivity contribution in [1.29, 1.82) is 0 Å². The Hall–Kier alpha value is -1.39. The molecular formula is C12H21NO4. The summed E-state index contributed by atoms with van der Waals surface area (Å²) in [6.07, 6.45) is 2.09. The van der Waals surface area contributed by atoms with E-state index in [1.165, 1.54) is 4.90 Å². The maximum absolute atomic E-state index is 11.0. The molecule has 0 aliphatic carbocycles. The van der Waals surface area contributed by atoms with Crippen LogP contribution in [0.2, 0.25) is 0 Å². The van der Waals surface area contributed by atoms with Crippen LogP contribution in [0.15, 0.2) is 0 Å². The van der Waals surface area contributed by atoms with Crippen LogP contribution in [0.1, 0.15) is 40.0 Å². The minimum absolute atomic E-state index is 0.0584. The SMILES string of the molecule is CCC(C)=O.CCOC(=O)CN1CCCC1=O. The van der Waals surface area contributed by atoms with Gasteiger partial charge in [-0.3, -0.25) is 9.59 Å². The van der Waals surface area contributed by atoms with E-state index in [-0.39, 0.29) is 24.2 Å². The lowest BCUT2D eigenvalue weighted by Gasteiger charge is -2.13. The van der Waals surface area contributed by atoms with Crippen molar-refractivity contribution in [3.8, 4) is 0 Å². The van der Waals surface area contributed by atoms with E-state index in [0.29, 0.717) is 26.0 Å². The first-order valence-corrected chi connectivity index (χ1v) is 5.94. The molecule has 1 heterocycles. The summed E-state index contributed by atoms with van der Waals surface area (Å²) in [4.78, 5) is 33.3. The molecule has 0 aromatic carbocycles. The lowest BCUT2D eigenvalue weighted by Crippen LogP contribution is -2.31. The van der Waals surface area contributed by atoms with Crippen LogP contribution in [0, 0.1) is 0 Å². The largest absolute Gasteiger partial charge is 0.465 e. The summed E-state index contributed by atoms with van der Waals surface area (Å²) >= 11 is 0. The van der Waals surface area contributed by atoms with Gasteiger partial charge in [-0.1, -0.05) is 6.92 Å². The Labute approximate surface area is 102 Å². The molecule has 0 N–H and O–H groups in total. The first-order valence-electron chi connectivity index (χ1n) is 5.94. The van der Waals surface area contributed by atoms with E-state index < -0.39 is 0 Å². The first kappa shape index (κ1) is 15.6. The number of amides is 1. The normalized spacial score (nSPS) is 14.1. The first-order chi connectivity index (χ1) is 8.01. The van der Waals surface area contributed by atoms with E-state index in [1.807, 2.05) is 6.92 Å². The van der Waals surface area contributed by atoms with Crippen molar-refractivity contribution in [1.82, 2.24) is 4.90 Å². The molecule has 1 amide bonds. The standard InChI is InChI=1S/C8H13NO3.C4H8O/c1-2-12-8(11)6-9-5-3-4-7(9)10;1-3-4(2)5/h2-6H2,1H3;3H2,1-2H3. The van der Waals surface area contributed by atoms with Crippen LogP contribution < -0.4 is 0 Å². The third-order valence-corrected chi connectivity index (χ3v) is 2.29. The molecule has 1 rings (SSSR count). The highest BCUT2D eigenvalue weighted by Gasteiger charge is 2.22. The zero-order valence-corrected chi connectivity index (χ0v) is 10.8. The average Bonchev–Trinajstić information content (AvgIpc) is 2.65. The summed E-state index contributed by atoms with van der Waals surface area (Å²) in [5.41, 5.74) is 0. The number of nitrogens with zero attached hydrogens (tertiary/aromatic N) is 1. The van der Waals surface area contributed by atoms with E-state index >= 15 is 0 Å². The van der Waals surface area contributed by atoms with Crippen LogP contribution in [0.5, 0.6) is 0 Å². The van der Waals surface area contributed by atoms with Gasteiger partial charge in [-0.15, -0.1) is 0 Å². The van der Waals surface area contributed by atoms with Gasteiger partial charge in [-0.2, -0.15) is 0 Å². The van der Waals surface area contributed by atoms with E-state index in [9.17, 15) is 14.4 Å². The van der Waals surface area contributed by atoms with E-state index in [2.05, 4.69) is 0 Å². The monoisotopic (exact) mass is 243 g/mol. The van der Waals surface area contributed by atoms with Crippen LogP contribution in [-0.4, -0.2) is 42.3 Å². The van der Waals surface area contributed by atoms with Gasteiger partial charge in [-0.05, 0) is 20.3 Å². The van der Waals surface area contributed by atoms with Crippen molar-refractivity contribution in [3.63, 3.8) is 0 Å².